The largest absolute Gasteiger partial charge is 0.368 e. The Morgan fingerprint density at radius 1 is 1.35 bits per heavy atom. The molecule has 4 nitrogen and oxygen atoms in total. The summed E-state index contributed by atoms with van der Waals surface area (Å²) in [6, 6.07) is 2.17. The van der Waals surface area contributed by atoms with Gasteiger partial charge in [-0.1, -0.05) is 38.3 Å². The van der Waals surface area contributed by atoms with Crippen molar-refractivity contribution in [2.24, 2.45) is 11.8 Å². The van der Waals surface area contributed by atoms with Crippen LogP contribution in [0, 0.1) is 11.8 Å². The Hall–Kier alpha value is -1.03. The van der Waals surface area contributed by atoms with Crippen LogP contribution in [0.3, 0.4) is 0 Å². The van der Waals surface area contributed by atoms with Crippen LogP contribution < -0.4 is 11.1 Å². The number of hydrogen-bond acceptors (Lipinski definition) is 4. The molecule has 3 atom stereocenters. The van der Waals surface area contributed by atoms with Crippen LogP contribution in [0.2, 0.25) is 5.15 Å². The van der Waals surface area contributed by atoms with Gasteiger partial charge in [-0.3, -0.25) is 0 Å². The molecule has 5 heteroatoms. The smallest absolute Gasteiger partial charge is 0.223 e. The Labute approximate surface area is 107 Å². The molecule has 0 radical (unpaired) electrons. The van der Waals surface area contributed by atoms with E-state index in [1.165, 1.54) is 19.3 Å². The lowest BCUT2D eigenvalue weighted by molar-refractivity contribution is 0.253. The minimum absolute atomic E-state index is 0.219. The van der Waals surface area contributed by atoms with Crippen molar-refractivity contribution in [3.8, 4) is 0 Å². The lowest BCUT2D eigenvalue weighted by atomic mass is 9.78. The van der Waals surface area contributed by atoms with Crippen LogP contribution in [0.15, 0.2) is 6.07 Å². The molecule has 17 heavy (non-hydrogen) atoms. The number of halogens is 1. The lowest BCUT2D eigenvalue weighted by Crippen LogP contribution is -2.35. The first-order valence-corrected chi connectivity index (χ1v) is 6.50. The standard InChI is InChI=1S/C12H19ClN4/c1-7-4-3-5-9(8(7)2)15-11-6-10(13)16-12(14)17-11/h6-9H,3-5H2,1-2H3,(H3,14,15,16,17). The topological polar surface area (TPSA) is 63.8 Å². The second kappa shape index (κ2) is 5.08. The van der Waals surface area contributed by atoms with Gasteiger partial charge in [-0.05, 0) is 18.3 Å². The van der Waals surface area contributed by atoms with E-state index in [0.29, 0.717) is 17.1 Å². The zero-order valence-electron chi connectivity index (χ0n) is 10.3. The molecule has 1 aromatic rings. The van der Waals surface area contributed by atoms with Gasteiger partial charge in [0.25, 0.3) is 0 Å². The van der Waals surface area contributed by atoms with Crippen LogP contribution in [0.4, 0.5) is 11.8 Å². The van der Waals surface area contributed by atoms with E-state index in [-0.39, 0.29) is 5.95 Å². The van der Waals surface area contributed by atoms with E-state index in [1.807, 2.05) is 0 Å². The highest BCUT2D eigenvalue weighted by Gasteiger charge is 2.27. The van der Waals surface area contributed by atoms with Crippen LogP contribution in [0.5, 0.6) is 0 Å². The van der Waals surface area contributed by atoms with Crippen molar-refractivity contribution >= 4 is 23.4 Å². The van der Waals surface area contributed by atoms with Gasteiger partial charge in [0, 0.05) is 12.1 Å². The van der Waals surface area contributed by atoms with Crippen molar-refractivity contribution in [1.82, 2.24) is 9.97 Å². The molecule has 0 bridgehead atoms. The number of nitrogens with one attached hydrogen (secondary N) is 1. The Kier molecular flexibility index (Phi) is 3.72. The lowest BCUT2D eigenvalue weighted by Gasteiger charge is -2.34. The van der Waals surface area contributed by atoms with Gasteiger partial charge in [-0.25, -0.2) is 4.98 Å². The van der Waals surface area contributed by atoms with Crippen LogP contribution in [-0.2, 0) is 0 Å². The quantitative estimate of drug-likeness (QED) is 0.797. The highest BCUT2D eigenvalue weighted by molar-refractivity contribution is 6.29. The molecular formula is C12H19ClN4. The molecule has 1 aliphatic rings. The van der Waals surface area contributed by atoms with Crippen molar-refractivity contribution in [2.75, 3.05) is 11.1 Å². The molecule has 0 amide bonds. The molecule has 2 rings (SSSR count). The molecule has 1 saturated carbocycles. The number of anilines is 2. The molecule has 94 valence electrons. The van der Waals surface area contributed by atoms with Gasteiger partial charge >= 0.3 is 0 Å². The van der Waals surface area contributed by atoms with E-state index < -0.39 is 0 Å². The summed E-state index contributed by atoms with van der Waals surface area (Å²) in [5.41, 5.74) is 5.58. The van der Waals surface area contributed by atoms with Gasteiger partial charge in [-0.2, -0.15) is 4.98 Å². The fraction of sp³-hybridized carbons (Fsp3) is 0.667. The van der Waals surface area contributed by atoms with E-state index in [4.69, 9.17) is 17.3 Å². The first-order valence-electron chi connectivity index (χ1n) is 6.13. The zero-order valence-corrected chi connectivity index (χ0v) is 11.0. The maximum absolute atomic E-state index is 5.86. The van der Waals surface area contributed by atoms with Gasteiger partial charge < -0.3 is 11.1 Å². The molecule has 1 aromatic heterocycles. The SMILES string of the molecule is CC1CCCC(Nc2cc(Cl)nc(N)n2)C1C. The summed E-state index contributed by atoms with van der Waals surface area (Å²) < 4.78 is 0. The Morgan fingerprint density at radius 2 is 2.12 bits per heavy atom. The third-order valence-electron chi connectivity index (χ3n) is 3.75. The van der Waals surface area contributed by atoms with Gasteiger partial charge in [0.05, 0.1) is 0 Å². The van der Waals surface area contributed by atoms with Crippen molar-refractivity contribution in [1.29, 1.82) is 0 Å². The molecule has 3 unspecified atom stereocenters. The molecular weight excluding hydrogens is 236 g/mol. The summed E-state index contributed by atoms with van der Waals surface area (Å²) in [5.74, 6) is 2.33. The van der Waals surface area contributed by atoms with Crippen LogP contribution in [0.25, 0.3) is 0 Å². The van der Waals surface area contributed by atoms with Crippen molar-refractivity contribution in [3.63, 3.8) is 0 Å². The molecule has 1 aliphatic carbocycles. The maximum Gasteiger partial charge on any atom is 0.223 e. The molecule has 0 aromatic carbocycles. The fourth-order valence-corrected chi connectivity index (χ4v) is 2.67. The Balaban J connectivity index is 2.09. The average Bonchev–Trinajstić information content (AvgIpc) is 2.23. The first kappa shape index (κ1) is 12.4. The second-order valence-corrected chi connectivity index (χ2v) is 5.34. The number of rotatable bonds is 2. The van der Waals surface area contributed by atoms with Gasteiger partial charge in [0.1, 0.15) is 11.0 Å². The van der Waals surface area contributed by atoms with E-state index in [9.17, 15) is 0 Å². The Bertz CT molecular complexity index is 376. The van der Waals surface area contributed by atoms with E-state index >= 15 is 0 Å². The predicted molar refractivity (Wildman–Crippen MR) is 71.0 cm³/mol. The van der Waals surface area contributed by atoms with Gasteiger partial charge in [0.15, 0.2) is 0 Å². The zero-order chi connectivity index (χ0) is 12.4. The highest BCUT2D eigenvalue weighted by Crippen LogP contribution is 2.31. The van der Waals surface area contributed by atoms with Crippen LogP contribution in [-0.4, -0.2) is 16.0 Å². The van der Waals surface area contributed by atoms with Crippen LogP contribution in [0.1, 0.15) is 33.1 Å². The summed E-state index contributed by atoms with van der Waals surface area (Å²) in [6.45, 7) is 4.59. The minimum atomic E-state index is 0.219. The van der Waals surface area contributed by atoms with Crippen molar-refractivity contribution in [2.45, 2.75) is 39.2 Å². The summed E-state index contributed by atoms with van der Waals surface area (Å²) in [5, 5.41) is 3.81. The van der Waals surface area contributed by atoms with E-state index in [1.54, 1.807) is 6.07 Å². The van der Waals surface area contributed by atoms with Gasteiger partial charge in [-0.15, -0.1) is 0 Å². The number of aromatic nitrogens is 2. The molecule has 0 aliphatic heterocycles. The molecule has 1 fully saturated rings. The normalized spacial score (nSPS) is 29.0. The van der Waals surface area contributed by atoms with E-state index in [2.05, 4.69) is 29.1 Å². The van der Waals surface area contributed by atoms with Crippen LogP contribution >= 0.6 is 11.6 Å². The van der Waals surface area contributed by atoms with E-state index in [0.717, 1.165) is 11.7 Å². The van der Waals surface area contributed by atoms with Crippen molar-refractivity contribution < 1.29 is 0 Å². The van der Waals surface area contributed by atoms with Gasteiger partial charge in [0.2, 0.25) is 5.95 Å². The Morgan fingerprint density at radius 3 is 2.82 bits per heavy atom. The van der Waals surface area contributed by atoms with Crippen molar-refractivity contribution in [3.05, 3.63) is 11.2 Å². The third-order valence-corrected chi connectivity index (χ3v) is 3.95. The maximum atomic E-state index is 5.86. The third kappa shape index (κ3) is 3.00. The predicted octanol–water partition coefficient (Wildman–Crippen LogP) is 2.95. The molecule has 1 heterocycles. The fourth-order valence-electron chi connectivity index (χ4n) is 2.48. The summed E-state index contributed by atoms with van der Waals surface area (Å²) in [7, 11) is 0. The molecule has 0 saturated heterocycles. The number of nitrogens with two attached hydrogens (primary N) is 1. The highest BCUT2D eigenvalue weighted by atomic mass is 35.5. The average molecular weight is 255 g/mol. The number of nitrogen functional groups attached to an aromatic ring is 1. The number of nitrogens with zero attached hydrogens (tertiary/aromatic N) is 2. The summed E-state index contributed by atoms with van der Waals surface area (Å²) in [4.78, 5) is 8.01. The second-order valence-electron chi connectivity index (χ2n) is 4.95. The summed E-state index contributed by atoms with van der Waals surface area (Å²) in [6.07, 6.45) is 3.75. The summed E-state index contributed by atoms with van der Waals surface area (Å²) >= 11 is 5.86. The number of hydrogen-bond donors (Lipinski definition) is 2. The molecule has 0 spiro atoms. The minimum Gasteiger partial charge on any atom is -0.368 e. The first-order chi connectivity index (χ1) is 8.06. The molecule has 3 N–H and O–H groups in total. The monoisotopic (exact) mass is 254 g/mol.